The molecule has 186 valence electrons. The lowest BCUT2D eigenvalue weighted by Gasteiger charge is -2.55. The van der Waals surface area contributed by atoms with Gasteiger partial charge in [-0.1, -0.05) is 95.1 Å². The Hall–Kier alpha value is -2.37. The zero-order valence-corrected chi connectivity index (χ0v) is 24.8. The Morgan fingerprint density at radius 1 is 0.583 bits per heavy atom. The van der Waals surface area contributed by atoms with Gasteiger partial charge in [0.05, 0.1) is 5.30 Å². The van der Waals surface area contributed by atoms with Gasteiger partial charge in [-0.3, -0.25) is 0 Å². The van der Waals surface area contributed by atoms with Crippen molar-refractivity contribution < 1.29 is 0 Å². The van der Waals surface area contributed by atoms with Crippen LogP contribution in [-0.2, 0) is 0 Å². The Bertz CT molecular complexity index is 1390. The van der Waals surface area contributed by atoms with E-state index in [-0.39, 0.29) is 0 Å². The molecule has 5 rings (SSSR count). The highest BCUT2D eigenvalue weighted by Gasteiger charge is 2.65. The summed E-state index contributed by atoms with van der Waals surface area (Å²) in [5.41, 5.74) is 14.5. The summed E-state index contributed by atoms with van der Waals surface area (Å²) < 4.78 is 0. The van der Waals surface area contributed by atoms with Crippen LogP contribution in [0.1, 0.15) is 61.1 Å². The molecule has 4 aromatic carbocycles. The highest BCUT2D eigenvalue weighted by Crippen LogP contribution is 2.74. The van der Waals surface area contributed by atoms with Crippen molar-refractivity contribution in [2.75, 3.05) is 0 Å². The van der Waals surface area contributed by atoms with E-state index in [1.54, 1.807) is 27.1 Å². The lowest BCUT2D eigenvalue weighted by atomic mass is 9.31. The Morgan fingerprint density at radius 3 is 1.42 bits per heavy atom. The molecule has 0 saturated carbocycles. The van der Waals surface area contributed by atoms with Gasteiger partial charge in [0.1, 0.15) is 0 Å². The summed E-state index contributed by atoms with van der Waals surface area (Å²) >= 11 is 0. The van der Waals surface area contributed by atoms with Gasteiger partial charge >= 0.3 is 0 Å². The third-order valence-electron chi connectivity index (χ3n) is 9.44. The predicted molar refractivity (Wildman–Crippen MR) is 167 cm³/mol. The van der Waals surface area contributed by atoms with Gasteiger partial charge in [-0.05, 0) is 86.1 Å². The van der Waals surface area contributed by atoms with E-state index in [1.807, 2.05) is 0 Å². The number of benzene rings is 4. The molecule has 0 aliphatic carbocycles. The van der Waals surface area contributed by atoms with Crippen LogP contribution < -0.4 is 21.7 Å². The molecule has 4 aromatic rings. The van der Waals surface area contributed by atoms with Crippen LogP contribution in [0.2, 0.25) is 0 Å². The molecule has 0 atom stereocenters. The van der Waals surface area contributed by atoms with Crippen molar-refractivity contribution >= 4 is 45.5 Å². The fourth-order valence-corrected chi connectivity index (χ4v) is 16.9. The van der Waals surface area contributed by atoms with Gasteiger partial charge in [-0.15, -0.1) is 5.46 Å². The molecule has 0 bridgehead atoms. The first-order valence-corrected chi connectivity index (χ1v) is 15.7. The van der Waals surface area contributed by atoms with E-state index in [0.29, 0.717) is 11.3 Å². The van der Waals surface area contributed by atoms with Crippen molar-refractivity contribution in [3.8, 4) is 0 Å². The van der Waals surface area contributed by atoms with E-state index in [0.717, 1.165) is 0 Å². The zero-order chi connectivity index (χ0) is 26.2. The van der Waals surface area contributed by atoms with Gasteiger partial charge in [0, 0.05) is 11.3 Å². The SMILES string of the molecule is Cc1cc(C)c([B-]2(c3c(C)cc(C)cc3C)c3cccc4cccc(c34)[P+]2(C(C)C)C(C)C)c(C)c1. The average Bonchev–Trinajstić information content (AvgIpc) is 3.02. The maximum absolute atomic E-state index is 2.53. The molecule has 0 amide bonds. The van der Waals surface area contributed by atoms with Crippen LogP contribution in [0.3, 0.4) is 0 Å². The van der Waals surface area contributed by atoms with E-state index in [2.05, 4.69) is 130 Å². The first kappa shape index (κ1) is 25.3. The first-order chi connectivity index (χ1) is 17.0. The van der Waals surface area contributed by atoms with Crippen LogP contribution in [0, 0.1) is 41.5 Å². The Balaban J connectivity index is 2.18. The van der Waals surface area contributed by atoms with Crippen molar-refractivity contribution in [3.63, 3.8) is 0 Å². The summed E-state index contributed by atoms with van der Waals surface area (Å²) in [4.78, 5) is 0. The van der Waals surface area contributed by atoms with Crippen LogP contribution in [-0.4, -0.2) is 17.2 Å². The van der Waals surface area contributed by atoms with Crippen LogP contribution in [0.15, 0.2) is 60.7 Å². The minimum absolute atomic E-state index is 0.565. The van der Waals surface area contributed by atoms with Crippen LogP contribution >= 0.6 is 7.14 Å². The minimum Gasteiger partial charge on any atom is -0.151 e. The van der Waals surface area contributed by atoms with Gasteiger partial charge in [0.15, 0.2) is 0 Å². The molecule has 0 fully saturated rings. The molecule has 1 heterocycles. The summed E-state index contributed by atoms with van der Waals surface area (Å²) in [7, 11) is -1.81. The number of rotatable bonds is 4. The van der Waals surface area contributed by atoms with Crippen molar-refractivity contribution in [2.24, 2.45) is 0 Å². The second-order valence-corrected chi connectivity index (χ2v) is 17.2. The van der Waals surface area contributed by atoms with Gasteiger partial charge in [0.2, 0.25) is 0 Å². The summed E-state index contributed by atoms with van der Waals surface area (Å²) in [6.45, 7) is 24.2. The number of hydrogen-bond donors (Lipinski definition) is 0. The van der Waals surface area contributed by atoms with Crippen LogP contribution in [0.4, 0.5) is 0 Å². The maximum Gasteiger partial charge on any atom is 0.253 e. The normalized spacial score (nSPS) is 15.9. The topological polar surface area (TPSA) is 0 Å². The third kappa shape index (κ3) is 3.05. The van der Waals surface area contributed by atoms with Gasteiger partial charge in [0.25, 0.3) is 5.87 Å². The standard InChI is InChI=1S/C34H42BP/c1-21(2)36(22(3)4)31-16-12-14-29-13-11-15-30(32(29)31)35(36,33-25(7)17-23(5)18-26(33)8)34-27(9)19-24(6)20-28(34)10/h11-22H,1-10H3. The molecule has 0 nitrogen and oxygen atoms in total. The molecule has 2 heteroatoms. The average molecular weight is 492 g/mol. The summed E-state index contributed by atoms with van der Waals surface area (Å²) in [5, 5.41) is 4.62. The molecule has 0 radical (unpaired) electrons. The van der Waals surface area contributed by atoms with Gasteiger partial charge < -0.3 is 0 Å². The van der Waals surface area contributed by atoms with Crippen molar-refractivity contribution in [1.82, 2.24) is 0 Å². The second-order valence-electron chi connectivity index (χ2n) is 12.2. The highest BCUT2D eigenvalue weighted by molar-refractivity contribution is 8.20. The van der Waals surface area contributed by atoms with E-state index in [1.165, 1.54) is 38.8 Å². The maximum atomic E-state index is 2.53. The third-order valence-corrected chi connectivity index (χ3v) is 16.1. The highest BCUT2D eigenvalue weighted by atomic mass is 31.2. The quantitative estimate of drug-likeness (QED) is 0.210. The monoisotopic (exact) mass is 492 g/mol. The van der Waals surface area contributed by atoms with E-state index >= 15 is 0 Å². The molecule has 0 unspecified atom stereocenters. The molecule has 36 heavy (non-hydrogen) atoms. The van der Waals surface area contributed by atoms with Crippen molar-refractivity contribution in [3.05, 3.63) is 94.0 Å². The predicted octanol–water partition coefficient (Wildman–Crippen LogP) is 7.13. The van der Waals surface area contributed by atoms with E-state index in [4.69, 9.17) is 0 Å². The second kappa shape index (κ2) is 8.60. The Kier molecular flexibility index (Phi) is 6.04. The molecule has 0 aromatic heterocycles. The first-order valence-electron chi connectivity index (χ1n) is 13.7. The largest absolute Gasteiger partial charge is 0.253 e. The minimum atomic E-state index is -1.81. The molecule has 1 aliphatic rings. The molecule has 0 N–H and O–H groups in total. The summed E-state index contributed by atoms with van der Waals surface area (Å²) in [5.74, 6) is -1.23. The van der Waals surface area contributed by atoms with Gasteiger partial charge in [-0.25, -0.2) is 0 Å². The fourth-order valence-electron chi connectivity index (χ4n) is 9.09. The zero-order valence-electron chi connectivity index (χ0n) is 24.0. The fraction of sp³-hybridized carbons (Fsp3) is 0.353. The Labute approximate surface area is 219 Å². The molecular weight excluding hydrogens is 450 g/mol. The molecular formula is C34H42BP. The van der Waals surface area contributed by atoms with E-state index in [9.17, 15) is 0 Å². The number of hydrogen-bond acceptors (Lipinski definition) is 0. The lowest BCUT2D eigenvalue weighted by molar-refractivity contribution is 1.01. The summed E-state index contributed by atoms with van der Waals surface area (Å²) in [6.07, 6.45) is 0. The van der Waals surface area contributed by atoms with Crippen LogP contribution in [0.25, 0.3) is 10.8 Å². The van der Waals surface area contributed by atoms with Crippen molar-refractivity contribution in [2.45, 2.75) is 80.6 Å². The number of aryl methyl sites for hydroxylation is 6. The molecule has 0 spiro atoms. The van der Waals surface area contributed by atoms with E-state index < -0.39 is 13.0 Å². The summed E-state index contributed by atoms with van der Waals surface area (Å²) in [6, 6.07) is 24.2. The lowest BCUT2D eigenvalue weighted by Crippen LogP contribution is -2.71. The van der Waals surface area contributed by atoms with Gasteiger partial charge in [-0.2, -0.15) is 10.9 Å². The smallest absolute Gasteiger partial charge is 0.151 e. The Morgan fingerprint density at radius 2 is 1.00 bits per heavy atom. The van der Waals surface area contributed by atoms with Crippen LogP contribution in [0.5, 0.6) is 0 Å². The van der Waals surface area contributed by atoms with Crippen molar-refractivity contribution in [1.29, 1.82) is 0 Å². The molecule has 1 aliphatic heterocycles. The molecule has 0 saturated heterocycles.